The van der Waals surface area contributed by atoms with Gasteiger partial charge in [0.25, 0.3) is 0 Å². The van der Waals surface area contributed by atoms with Crippen LogP contribution in [0.4, 0.5) is 0 Å². The molecule has 1 unspecified atom stereocenters. The molecule has 2 nitrogen and oxygen atoms in total. The Kier molecular flexibility index (Phi) is 4.17. The molecule has 0 amide bonds. The summed E-state index contributed by atoms with van der Waals surface area (Å²) >= 11 is 0. The summed E-state index contributed by atoms with van der Waals surface area (Å²) in [6.45, 7) is 3.56. The normalized spacial score (nSPS) is 25.7. The lowest BCUT2D eigenvalue weighted by Gasteiger charge is -1.91. The first-order chi connectivity index (χ1) is 6.74. The second-order valence-electron chi connectivity index (χ2n) is 3.64. The Hall–Kier alpha value is -1.31. The Morgan fingerprint density at radius 1 is 1.36 bits per heavy atom. The topological polar surface area (TPSA) is 37.3 Å². The molecule has 1 aliphatic rings. The third kappa shape index (κ3) is 4.08. The summed E-state index contributed by atoms with van der Waals surface area (Å²) in [6.07, 6.45) is 12.0. The third-order valence-electron chi connectivity index (χ3n) is 2.44. The van der Waals surface area contributed by atoms with Crippen LogP contribution < -0.4 is 0 Å². The molecule has 2 atom stereocenters. The van der Waals surface area contributed by atoms with Gasteiger partial charge in [-0.2, -0.15) is 0 Å². The summed E-state index contributed by atoms with van der Waals surface area (Å²) in [6, 6.07) is 0. The van der Waals surface area contributed by atoms with Crippen molar-refractivity contribution in [1.82, 2.24) is 0 Å². The van der Waals surface area contributed by atoms with Crippen molar-refractivity contribution in [2.45, 2.75) is 19.3 Å². The van der Waals surface area contributed by atoms with Gasteiger partial charge in [0.1, 0.15) is 0 Å². The minimum Gasteiger partial charge on any atom is -0.481 e. The number of hydrogen-bond donors (Lipinski definition) is 1. The van der Waals surface area contributed by atoms with Gasteiger partial charge in [0.15, 0.2) is 0 Å². The standard InChI is InChI=1S/C12H16O2/c1-2-3-4-5-6-7-10-8-11(10)9-12(13)14/h2-6,10-11H,1,7-9H2,(H,13,14)/b4-3-,6-5-/t10?,11-/m0/s1. The number of hydrogen-bond acceptors (Lipinski definition) is 1. The lowest BCUT2D eigenvalue weighted by Crippen LogP contribution is -1.96. The molecule has 0 spiro atoms. The van der Waals surface area contributed by atoms with Crippen LogP contribution in [0.15, 0.2) is 37.0 Å². The van der Waals surface area contributed by atoms with E-state index in [9.17, 15) is 4.79 Å². The Morgan fingerprint density at radius 3 is 2.79 bits per heavy atom. The predicted octanol–water partition coefficient (Wildman–Crippen LogP) is 2.79. The number of carboxylic acid groups (broad SMARTS) is 1. The minimum atomic E-state index is -0.673. The average Bonchev–Trinajstić information content (AvgIpc) is 2.82. The van der Waals surface area contributed by atoms with E-state index in [4.69, 9.17) is 5.11 Å². The number of carbonyl (C=O) groups is 1. The number of rotatable bonds is 6. The smallest absolute Gasteiger partial charge is 0.303 e. The molecule has 1 N–H and O–H groups in total. The fourth-order valence-electron chi connectivity index (χ4n) is 1.55. The molecule has 1 saturated carbocycles. The second kappa shape index (κ2) is 5.43. The molecule has 1 fully saturated rings. The van der Waals surface area contributed by atoms with Gasteiger partial charge < -0.3 is 5.11 Å². The summed E-state index contributed by atoms with van der Waals surface area (Å²) < 4.78 is 0. The fourth-order valence-corrected chi connectivity index (χ4v) is 1.55. The van der Waals surface area contributed by atoms with E-state index in [1.165, 1.54) is 0 Å². The number of aliphatic carboxylic acids is 1. The molecule has 0 saturated heterocycles. The van der Waals surface area contributed by atoms with E-state index in [0.717, 1.165) is 12.8 Å². The second-order valence-corrected chi connectivity index (χ2v) is 3.64. The van der Waals surface area contributed by atoms with E-state index in [-0.39, 0.29) is 0 Å². The average molecular weight is 192 g/mol. The van der Waals surface area contributed by atoms with Crippen molar-refractivity contribution in [1.29, 1.82) is 0 Å². The molecule has 0 heterocycles. The Bertz CT molecular complexity index is 263. The molecular formula is C12H16O2. The largest absolute Gasteiger partial charge is 0.481 e. The molecule has 0 aromatic carbocycles. The number of carboxylic acids is 1. The molecule has 14 heavy (non-hydrogen) atoms. The van der Waals surface area contributed by atoms with Crippen LogP contribution in [0.2, 0.25) is 0 Å². The summed E-state index contributed by atoms with van der Waals surface area (Å²) in [5, 5.41) is 8.54. The van der Waals surface area contributed by atoms with Crippen LogP contribution in [0.1, 0.15) is 19.3 Å². The highest BCUT2D eigenvalue weighted by molar-refractivity contribution is 5.67. The van der Waals surface area contributed by atoms with Crippen LogP contribution in [0.25, 0.3) is 0 Å². The minimum absolute atomic E-state index is 0.334. The van der Waals surface area contributed by atoms with Gasteiger partial charge in [0.05, 0.1) is 0 Å². The summed E-state index contributed by atoms with van der Waals surface area (Å²) in [5.74, 6) is 0.341. The van der Waals surface area contributed by atoms with E-state index in [0.29, 0.717) is 18.3 Å². The highest BCUT2D eigenvalue weighted by Crippen LogP contribution is 2.43. The molecule has 0 aromatic rings. The van der Waals surface area contributed by atoms with Gasteiger partial charge in [-0.1, -0.05) is 37.0 Å². The van der Waals surface area contributed by atoms with Crippen molar-refractivity contribution in [2.75, 3.05) is 0 Å². The Morgan fingerprint density at radius 2 is 2.14 bits per heavy atom. The van der Waals surface area contributed by atoms with Gasteiger partial charge in [0.2, 0.25) is 0 Å². The first kappa shape index (κ1) is 10.8. The lowest BCUT2D eigenvalue weighted by molar-refractivity contribution is -0.137. The lowest BCUT2D eigenvalue weighted by atomic mass is 10.2. The van der Waals surface area contributed by atoms with Crippen LogP contribution in [-0.2, 0) is 4.79 Å². The third-order valence-corrected chi connectivity index (χ3v) is 2.44. The van der Waals surface area contributed by atoms with Crippen molar-refractivity contribution in [2.24, 2.45) is 11.8 Å². The molecule has 0 bridgehead atoms. The van der Waals surface area contributed by atoms with Crippen molar-refractivity contribution in [3.8, 4) is 0 Å². The predicted molar refractivity (Wildman–Crippen MR) is 56.9 cm³/mol. The first-order valence-corrected chi connectivity index (χ1v) is 4.90. The zero-order chi connectivity index (χ0) is 10.4. The highest BCUT2D eigenvalue weighted by Gasteiger charge is 2.36. The van der Waals surface area contributed by atoms with Gasteiger partial charge in [0, 0.05) is 6.42 Å². The van der Waals surface area contributed by atoms with Crippen LogP contribution >= 0.6 is 0 Å². The van der Waals surface area contributed by atoms with Gasteiger partial charge in [-0.3, -0.25) is 4.79 Å². The van der Waals surface area contributed by atoms with Gasteiger partial charge >= 0.3 is 5.97 Å². The maximum atomic E-state index is 10.4. The molecule has 1 aliphatic carbocycles. The Labute approximate surface area is 84.6 Å². The molecule has 0 radical (unpaired) electrons. The molecular weight excluding hydrogens is 176 g/mol. The molecule has 1 rings (SSSR count). The van der Waals surface area contributed by atoms with E-state index in [1.54, 1.807) is 6.08 Å². The van der Waals surface area contributed by atoms with Gasteiger partial charge in [-0.25, -0.2) is 0 Å². The van der Waals surface area contributed by atoms with Crippen molar-refractivity contribution in [3.05, 3.63) is 37.0 Å². The first-order valence-electron chi connectivity index (χ1n) is 4.90. The summed E-state index contributed by atoms with van der Waals surface area (Å²) in [5.41, 5.74) is 0. The molecule has 0 aliphatic heterocycles. The summed E-state index contributed by atoms with van der Waals surface area (Å²) in [4.78, 5) is 10.4. The number of allylic oxidation sites excluding steroid dienone is 5. The molecule has 2 heteroatoms. The quantitative estimate of drug-likeness (QED) is 0.657. The highest BCUT2D eigenvalue weighted by atomic mass is 16.4. The Balaban J connectivity index is 2.10. The van der Waals surface area contributed by atoms with Crippen molar-refractivity contribution in [3.63, 3.8) is 0 Å². The van der Waals surface area contributed by atoms with E-state index in [2.05, 4.69) is 12.7 Å². The zero-order valence-electron chi connectivity index (χ0n) is 8.23. The van der Waals surface area contributed by atoms with Crippen LogP contribution in [0, 0.1) is 11.8 Å². The monoisotopic (exact) mass is 192 g/mol. The fraction of sp³-hybridized carbons (Fsp3) is 0.417. The van der Waals surface area contributed by atoms with E-state index in [1.807, 2.05) is 18.2 Å². The van der Waals surface area contributed by atoms with Gasteiger partial charge in [-0.05, 0) is 24.7 Å². The van der Waals surface area contributed by atoms with Crippen LogP contribution in [0.3, 0.4) is 0 Å². The maximum absolute atomic E-state index is 10.4. The van der Waals surface area contributed by atoms with Gasteiger partial charge in [-0.15, -0.1) is 0 Å². The SMILES string of the molecule is C=C/C=C\C=C/CC1C[C@H]1CC(=O)O. The van der Waals surface area contributed by atoms with Crippen LogP contribution in [0.5, 0.6) is 0 Å². The van der Waals surface area contributed by atoms with Crippen molar-refractivity contribution >= 4 is 5.97 Å². The van der Waals surface area contributed by atoms with E-state index < -0.39 is 5.97 Å². The summed E-state index contributed by atoms with van der Waals surface area (Å²) in [7, 11) is 0. The van der Waals surface area contributed by atoms with E-state index >= 15 is 0 Å². The maximum Gasteiger partial charge on any atom is 0.303 e. The van der Waals surface area contributed by atoms with Crippen LogP contribution in [-0.4, -0.2) is 11.1 Å². The molecule has 0 aromatic heterocycles. The zero-order valence-corrected chi connectivity index (χ0v) is 8.23. The molecule has 76 valence electrons. The van der Waals surface area contributed by atoms with Crippen molar-refractivity contribution < 1.29 is 9.90 Å².